The van der Waals surface area contributed by atoms with E-state index in [9.17, 15) is 14.4 Å². The number of nitriles is 1. The van der Waals surface area contributed by atoms with E-state index >= 15 is 0 Å². The number of aromatic nitrogens is 5. The lowest BCUT2D eigenvalue weighted by atomic mass is 9.75. The van der Waals surface area contributed by atoms with Gasteiger partial charge in [0.2, 0.25) is 5.91 Å². The number of anilines is 1. The van der Waals surface area contributed by atoms with Crippen molar-refractivity contribution in [2.75, 3.05) is 18.1 Å². The Morgan fingerprint density at radius 1 is 1.25 bits per heavy atom. The first-order valence-corrected chi connectivity index (χ1v) is 10.9. The average Bonchev–Trinajstić information content (AvgIpc) is 3.31. The van der Waals surface area contributed by atoms with Gasteiger partial charge in [-0.25, -0.2) is 13.9 Å². The summed E-state index contributed by atoms with van der Waals surface area (Å²) in [4.78, 5) is 19.7. The van der Waals surface area contributed by atoms with Crippen molar-refractivity contribution >= 4 is 17.2 Å². The van der Waals surface area contributed by atoms with Gasteiger partial charge in [-0.2, -0.15) is 15.5 Å². The van der Waals surface area contributed by atoms with E-state index in [0.717, 1.165) is 24.6 Å². The molecule has 0 radical (unpaired) electrons. The Morgan fingerprint density at radius 3 is 2.72 bits per heavy atom. The van der Waals surface area contributed by atoms with Crippen molar-refractivity contribution < 1.29 is 13.9 Å². The third kappa shape index (κ3) is 2.51. The number of halogens is 1. The first-order chi connectivity index (χ1) is 15.4. The number of fused-ring (bicyclic) bond motifs is 1. The highest BCUT2D eigenvalue weighted by Crippen LogP contribution is 2.54. The Kier molecular flexibility index (Phi) is 3.99. The van der Waals surface area contributed by atoms with Crippen molar-refractivity contribution in [2.45, 2.75) is 38.8 Å². The lowest BCUT2D eigenvalue weighted by Gasteiger charge is -2.34. The molecule has 4 atom stereocenters. The van der Waals surface area contributed by atoms with Crippen LogP contribution in [0.4, 0.5) is 10.2 Å². The molecule has 3 aromatic rings. The Hall–Kier alpha value is -3.32. The highest BCUT2D eigenvalue weighted by molar-refractivity contribution is 6.04. The Labute approximate surface area is 183 Å². The molecule has 0 spiro atoms. The zero-order chi connectivity index (χ0) is 22.2. The molecule has 10 heteroatoms. The second-order valence-corrected chi connectivity index (χ2v) is 9.12. The van der Waals surface area contributed by atoms with Gasteiger partial charge in [0.05, 0.1) is 43.1 Å². The van der Waals surface area contributed by atoms with E-state index in [-0.39, 0.29) is 41.2 Å². The third-order valence-corrected chi connectivity index (χ3v) is 7.24. The lowest BCUT2D eigenvalue weighted by molar-refractivity contribution is -0.124. The first kappa shape index (κ1) is 19.4. The van der Waals surface area contributed by atoms with Gasteiger partial charge in [0.15, 0.2) is 11.6 Å². The summed E-state index contributed by atoms with van der Waals surface area (Å²) in [5.74, 6) is -0.777. The maximum Gasteiger partial charge on any atom is 0.249 e. The maximum atomic E-state index is 14.7. The van der Waals surface area contributed by atoms with Crippen LogP contribution >= 0.6 is 0 Å². The van der Waals surface area contributed by atoms with Crippen LogP contribution in [0.25, 0.3) is 16.8 Å². The molecule has 2 saturated heterocycles. The van der Waals surface area contributed by atoms with Crippen LogP contribution in [0, 0.1) is 34.4 Å². The molecule has 1 amide bonds. The third-order valence-electron chi connectivity index (χ3n) is 7.24. The number of rotatable bonds is 4. The summed E-state index contributed by atoms with van der Waals surface area (Å²) in [6.45, 7) is 4.82. The molecule has 3 fully saturated rings. The molecular formula is C22H22FN7O2. The zero-order valence-electron chi connectivity index (χ0n) is 17.8. The standard InChI is InChI=1S/C22H22FN7O2/c1-12-7-28(21(31)22(12,11-24)15-3-4-15)20-19-16(23)6-26-30(19)9-17(27-20)14-5-25-29(8-14)18-10-32-13(18)2/h5-6,8-9,12-13,15,18H,3-4,7,10H2,1-2H3/t12-,13-,18-,22+/m1/s1. The molecule has 0 bridgehead atoms. The second kappa shape index (κ2) is 6.59. The predicted molar refractivity (Wildman–Crippen MR) is 111 cm³/mol. The number of hydrogen-bond acceptors (Lipinski definition) is 6. The summed E-state index contributed by atoms with van der Waals surface area (Å²) < 4.78 is 23.4. The van der Waals surface area contributed by atoms with Crippen LogP contribution in [-0.4, -0.2) is 49.5 Å². The van der Waals surface area contributed by atoms with E-state index in [1.165, 1.54) is 9.42 Å². The normalized spacial score (nSPS) is 30.0. The molecule has 32 heavy (non-hydrogen) atoms. The fourth-order valence-electron chi connectivity index (χ4n) is 5.09. The maximum absolute atomic E-state index is 14.7. The van der Waals surface area contributed by atoms with Crippen LogP contribution in [0.2, 0.25) is 0 Å². The zero-order valence-corrected chi connectivity index (χ0v) is 17.8. The summed E-state index contributed by atoms with van der Waals surface area (Å²) >= 11 is 0. The minimum absolute atomic E-state index is 0.0545. The Bertz CT molecular complexity index is 1290. The van der Waals surface area contributed by atoms with Crippen LogP contribution in [0.1, 0.15) is 32.7 Å². The fraction of sp³-hybridized carbons (Fsp3) is 0.500. The van der Waals surface area contributed by atoms with E-state index in [1.807, 2.05) is 24.7 Å². The van der Waals surface area contributed by atoms with Gasteiger partial charge < -0.3 is 4.74 Å². The molecule has 3 aliphatic rings. The minimum Gasteiger partial charge on any atom is -0.374 e. The van der Waals surface area contributed by atoms with Crippen LogP contribution in [0.15, 0.2) is 24.8 Å². The second-order valence-electron chi connectivity index (χ2n) is 9.12. The Balaban J connectivity index is 1.46. The molecule has 5 heterocycles. The van der Waals surface area contributed by atoms with Gasteiger partial charge in [0.1, 0.15) is 17.0 Å². The molecule has 6 rings (SSSR count). The summed E-state index contributed by atoms with van der Waals surface area (Å²) in [7, 11) is 0. The molecular weight excluding hydrogens is 413 g/mol. The highest BCUT2D eigenvalue weighted by Gasteiger charge is 2.61. The van der Waals surface area contributed by atoms with Crippen molar-refractivity contribution in [1.29, 1.82) is 5.26 Å². The number of nitrogens with zero attached hydrogens (tertiary/aromatic N) is 7. The molecule has 1 saturated carbocycles. The van der Waals surface area contributed by atoms with E-state index in [0.29, 0.717) is 18.8 Å². The summed E-state index contributed by atoms with van der Waals surface area (Å²) in [5, 5.41) is 18.5. The number of carbonyl (C=O) groups excluding carboxylic acids is 1. The highest BCUT2D eigenvalue weighted by atomic mass is 19.1. The molecule has 0 unspecified atom stereocenters. The number of carbonyl (C=O) groups is 1. The molecule has 0 N–H and O–H groups in total. The smallest absolute Gasteiger partial charge is 0.249 e. The first-order valence-electron chi connectivity index (χ1n) is 10.9. The molecule has 1 aliphatic carbocycles. The quantitative estimate of drug-likeness (QED) is 0.624. The minimum atomic E-state index is -1.07. The molecule has 3 aromatic heterocycles. The van der Waals surface area contributed by atoms with Crippen molar-refractivity contribution in [3.63, 3.8) is 0 Å². The number of hydrogen-bond donors (Lipinski definition) is 0. The summed E-state index contributed by atoms with van der Waals surface area (Å²) in [5.41, 5.74) is 0.316. The van der Waals surface area contributed by atoms with Gasteiger partial charge in [-0.05, 0) is 25.7 Å². The van der Waals surface area contributed by atoms with Gasteiger partial charge in [-0.3, -0.25) is 14.4 Å². The average molecular weight is 435 g/mol. The number of amides is 1. The Morgan fingerprint density at radius 2 is 2.06 bits per heavy atom. The van der Waals surface area contributed by atoms with Gasteiger partial charge >= 0.3 is 0 Å². The fourth-order valence-corrected chi connectivity index (χ4v) is 5.09. The van der Waals surface area contributed by atoms with Crippen LogP contribution in [0.5, 0.6) is 0 Å². The topological polar surface area (TPSA) is 101 Å². The molecule has 0 aromatic carbocycles. The summed E-state index contributed by atoms with van der Waals surface area (Å²) in [6.07, 6.45) is 8.13. The van der Waals surface area contributed by atoms with E-state index in [4.69, 9.17) is 9.72 Å². The van der Waals surface area contributed by atoms with Crippen LogP contribution in [0.3, 0.4) is 0 Å². The largest absolute Gasteiger partial charge is 0.374 e. The monoisotopic (exact) mass is 435 g/mol. The predicted octanol–water partition coefficient (Wildman–Crippen LogP) is 2.59. The van der Waals surface area contributed by atoms with Gasteiger partial charge in [0.25, 0.3) is 0 Å². The van der Waals surface area contributed by atoms with Gasteiger partial charge in [-0.15, -0.1) is 0 Å². The van der Waals surface area contributed by atoms with Gasteiger partial charge in [-0.1, -0.05) is 6.92 Å². The summed E-state index contributed by atoms with van der Waals surface area (Å²) in [6, 6.07) is 2.47. The van der Waals surface area contributed by atoms with Gasteiger partial charge in [0, 0.05) is 24.2 Å². The van der Waals surface area contributed by atoms with Crippen molar-refractivity contribution in [2.24, 2.45) is 17.3 Å². The van der Waals surface area contributed by atoms with E-state index in [2.05, 4.69) is 16.3 Å². The molecule has 164 valence electrons. The van der Waals surface area contributed by atoms with E-state index < -0.39 is 11.2 Å². The van der Waals surface area contributed by atoms with Crippen LogP contribution < -0.4 is 4.90 Å². The van der Waals surface area contributed by atoms with Crippen molar-refractivity contribution in [1.82, 2.24) is 24.4 Å². The van der Waals surface area contributed by atoms with Crippen molar-refractivity contribution in [3.05, 3.63) is 30.6 Å². The lowest BCUT2D eigenvalue weighted by Crippen LogP contribution is -2.39. The SMILES string of the molecule is C[C@@H]1CN(c2nc(-c3cnn([C@@H]4CO[C@@H]4C)c3)cn3ncc(F)c23)C(=O)[C@]1(C#N)C1CC1. The van der Waals surface area contributed by atoms with Crippen LogP contribution in [-0.2, 0) is 9.53 Å². The molecule has 2 aliphatic heterocycles. The van der Waals surface area contributed by atoms with E-state index in [1.54, 1.807) is 12.4 Å². The van der Waals surface area contributed by atoms with Crippen molar-refractivity contribution in [3.8, 4) is 17.3 Å². The molecule has 9 nitrogen and oxygen atoms in total. The number of ether oxygens (including phenoxy) is 1.